The fraction of sp³-hybridized carbons (Fsp3) is 0.222. The SMILES string of the molecule is O=C(COC(=O)c1ccccc1OC(F)F)NCCc1cccc(Cl)c1. The summed E-state index contributed by atoms with van der Waals surface area (Å²) in [6.07, 6.45) is 0.561. The summed E-state index contributed by atoms with van der Waals surface area (Å²) in [4.78, 5) is 23.7. The number of esters is 1. The van der Waals surface area contributed by atoms with Crippen LogP contribution in [-0.2, 0) is 16.0 Å². The number of halogens is 3. The Kier molecular flexibility index (Phi) is 7.35. The van der Waals surface area contributed by atoms with E-state index in [1.54, 1.807) is 18.2 Å². The van der Waals surface area contributed by atoms with Gasteiger partial charge in [0.25, 0.3) is 5.91 Å². The van der Waals surface area contributed by atoms with E-state index in [0.29, 0.717) is 18.0 Å². The summed E-state index contributed by atoms with van der Waals surface area (Å²) in [5.74, 6) is -1.74. The average molecular weight is 384 g/mol. The average Bonchev–Trinajstić information content (AvgIpc) is 2.60. The Balaban J connectivity index is 1.79. The van der Waals surface area contributed by atoms with Crippen molar-refractivity contribution in [2.24, 2.45) is 0 Å². The molecule has 2 aromatic rings. The summed E-state index contributed by atoms with van der Waals surface area (Å²) in [7, 11) is 0. The van der Waals surface area contributed by atoms with Crippen LogP contribution in [0.4, 0.5) is 8.78 Å². The van der Waals surface area contributed by atoms with Gasteiger partial charge < -0.3 is 14.8 Å². The van der Waals surface area contributed by atoms with Crippen molar-refractivity contribution in [3.63, 3.8) is 0 Å². The zero-order valence-corrected chi connectivity index (χ0v) is 14.3. The molecular weight excluding hydrogens is 368 g/mol. The smallest absolute Gasteiger partial charge is 0.387 e. The number of carbonyl (C=O) groups excluding carboxylic acids is 2. The summed E-state index contributed by atoms with van der Waals surface area (Å²) in [6, 6.07) is 12.6. The highest BCUT2D eigenvalue weighted by atomic mass is 35.5. The second-order valence-electron chi connectivity index (χ2n) is 5.18. The van der Waals surface area contributed by atoms with E-state index in [9.17, 15) is 18.4 Å². The number of benzene rings is 2. The van der Waals surface area contributed by atoms with Crippen molar-refractivity contribution >= 4 is 23.5 Å². The molecule has 0 aliphatic carbocycles. The van der Waals surface area contributed by atoms with Crippen molar-refractivity contribution in [3.05, 3.63) is 64.7 Å². The van der Waals surface area contributed by atoms with E-state index in [4.69, 9.17) is 16.3 Å². The number of rotatable bonds is 8. The van der Waals surface area contributed by atoms with Crippen molar-refractivity contribution in [3.8, 4) is 5.75 Å². The van der Waals surface area contributed by atoms with Gasteiger partial charge in [-0.3, -0.25) is 4.79 Å². The maximum absolute atomic E-state index is 12.3. The van der Waals surface area contributed by atoms with E-state index in [0.717, 1.165) is 5.56 Å². The van der Waals surface area contributed by atoms with Crippen LogP contribution < -0.4 is 10.1 Å². The molecule has 1 amide bonds. The molecular formula is C18H16ClF2NO4. The van der Waals surface area contributed by atoms with Gasteiger partial charge >= 0.3 is 12.6 Å². The predicted octanol–water partition coefficient (Wildman–Crippen LogP) is 3.46. The quantitative estimate of drug-likeness (QED) is 0.709. The van der Waals surface area contributed by atoms with Gasteiger partial charge in [0, 0.05) is 11.6 Å². The summed E-state index contributed by atoms with van der Waals surface area (Å²) >= 11 is 5.87. The van der Waals surface area contributed by atoms with E-state index < -0.39 is 25.1 Å². The number of alkyl halides is 2. The van der Waals surface area contributed by atoms with Crippen LogP contribution in [0.15, 0.2) is 48.5 Å². The van der Waals surface area contributed by atoms with Crippen LogP contribution in [0.3, 0.4) is 0 Å². The van der Waals surface area contributed by atoms with E-state index in [1.807, 2.05) is 6.07 Å². The Morgan fingerprint density at radius 2 is 1.88 bits per heavy atom. The van der Waals surface area contributed by atoms with E-state index in [-0.39, 0.29) is 11.3 Å². The molecule has 1 N–H and O–H groups in total. The Morgan fingerprint density at radius 3 is 2.62 bits per heavy atom. The molecule has 26 heavy (non-hydrogen) atoms. The normalized spacial score (nSPS) is 10.5. The minimum Gasteiger partial charge on any atom is -0.452 e. The molecule has 0 unspecified atom stereocenters. The molecule has 8 heteroatoms. The van der Waals surface area contributed by atoms with Gasteiger partial charge in [-0.05, 0) is 36.2 Å². The number of hydrogen-bond donors (Lipinski definition) is 1. The number of para-hydroxylation sites is 1. The molecule has 0 radical (unpaired) electrons. The van der Waals surface area contributed by atoms with Gasteiger partial charge in [-0.1, -0.05) is 35.9 Å². The molecule has 2 rings (SSSR count). The monoisotopic (exact) mass is 383 g/mol. The number of nitrogens with one attached hydrogen (secondary N) is 1. The second-order valence-corrected chi connectivity index (χ2v) is 5.62. The molecule has 138 valence electrons. The van der Waals surface area contributed by atoms with Crippen LogP contribution in [0.25, 0.3) is 0 Å². The summed E-state index contributed by atoms with van der Waals surface area (Å²) in [5, 5.41) is 3.20. The number of carbonyl (C=O) groups is 2. The van der Waals surface area contributed by atoms with E-state index in [1.165, 1.54) is 24.3 Å². The van der Waals surface area contributed by atoms with Crippen molar-refractivity contribution in [1.29, 1.82) is 0 Å². The van der Waals surface area contributed by atoms with Crippen LogP contribution in [0.2, 0.25) is 5.02 Å². The molecule has 2 aromatic carbocycles. The molecule has 0 bridgehead atoms. The van der Waals surface area contributed by atoms with Crippen LogP contribution in [0.5, 0.6) is 5.75 Å². The summed E-state index contributed by atoms with van der Waals surface area (Å²) in [6.45, 7) is -3.27. The third-order valence-electron chi connectivity index (χ3n) is 3.28. The Labute approximate surface area is 153 Å². The lowest BCUT2D eigenvalue weighted by atomic mass is 10.1. The molecule has 0 aliphatic rings. The van der Waals surface area contributed by atoms with Gasteiger partial charge in [0.1, 0.15) is 11.3 Å². The van der Waals surface area contributed by atoms with Crippen molar-refractivity contribution in [2.75, 3.05) is 13.2 Å². The second kappa shape index (κ2) is 9.72. The largest absolute Gasteiger partial charge is 0.452 e. The summed E-state index contributed by atoms with van der Waals surface area (Å²) in [5.41, 5.74) is 0.771. The maximum Gasteiger partial charge on any atom is 0.387 e. The zero-order chi connectivity index (χ0) is 18.9. The molecule has 0 aromatic heterocycles. The molecule has 0 saturated carbocycles. The fourth-order valence-electron chi connectivity index (χ4n) is 2.13. The van der Waals surface area contributed by atoms with E-state index in [2.05, 4.69) is 10.1 Å². The number of amides is 1. The first-order valence-corrected chi connectivity index (χ1v) is 8.05. The Hall–Kier alpha value is -2.67. The molecule has 0 saturated heterocycles. The lowest BCUT2D eigenvalue weighted by molar-refractivity contribution is -0.124. The van der Waals surface area contributed by atoms with Crippen molar-refractivity contribution in [1.82, 2.24) is 5.32 Å². The first kappa shape index (κ1) is 19.7. The summed E-state index contributed by atoms with van der Waals surface area (Å²) < 4.78 is 33.8. The first-order chi connectivity index (χ1) is 12.5. The van der Waals surface area contributed by atoms with Gasteiger partial charge in [0.05, 0.1) is 0 Å². The Bertz CT molecular complexity index is 770. The highest BCUT2D eigenvalue weighted by molar-refractivity contribution is 6.30. The third kappa shape index (κ3) is 6.33. The molecule has 0 heterocycles. The van der Waals surface area contributed by atoms with Gasteiger partial charge in [-0.2, -0.15) is 8.78 Å². The van der Waals surface area contributed by atoms with Crippen molar-refractivity contribution < 1.29 is 27.8 Å². The van der Waals surface area contributed by atoms with Crippen molar-refractivity contribution in [2.45, 2.75) is 13.0 Å². The number of ether oxygens (including phenoxy) is 2. The third-order valence-corrected chi connectivity index (χ3v) is 3.52. The molecule has 0 spiro atoms. The van der Waals surface area contributed by atoms with Crippen LogP contribution in [0.1, 0.15) is 15.9 Å². The van der Waals surface area contributed by atoms with Crippen LogP contribution >= 0.6 is 11.6 Å². The molecule has 0 aliphatic heterocycles. The molecule has 5 nitrogen and oxygen atoms in total. The molecule has 0 atom stereocenters. The standard InChI is InChI=1S/C18H16ClF2NO4/c19-13-5-3-4-12(10-13)8-9-22-16(23)11-25-17(24)14-6-1-2-7-15(14)26-18(20)21/h1-7,10,18H,8-9,11H2,(H,22,23). The number of hydrogen-bond acceptors (Lipinski definition) is 4. The Morgan fingerprint density at radius 1 is 1.12 bits per heavy atom. The highest BCUT2D eigenvalue weighted by Gasteiger charge is 2.17. The topological polar surface area (TPSA) is 64.6 Å². The van der Waals surface area contributed by atoms with Gasteiger partial charge in [-0.25, -0.2) is 4.79 Å². The van der Waals surface area contributed by atoms with Gasteiger partial charge in [0.2, 0.25) is 0 Å². The van der Waals surface area contributed by atoms with Crippen LogP contribution in [-0.4, -0.2) is 31.6 Å². The minimum atomic E-state index is -3.07. The van der Waals surface area contributed by atoms with Crippen LogP contribution in [0, 0.1) is 0 Å². The van der Waals surface area contributed by atoms with Gasteiger partial charge in [0.15, 0.2) is 6.61 Å². The molecule has 0 fully saturated rings. The van der Waals surface area contributed by atoms with Gasteiger partial charge in [-0.15, -0.1) is 0 Å². The van der Waals surface area contributed by atoms with E-state index >= 15 is 0 Å². The minimum absolute atomic E-state index is 0.181. The zero-order valence-electron chi connectivity index (χ0n) is 13.6. The first-order valence-electron chi connectivity index (χ1n) is 7.68. The highest BCUT2D eigenvalue weighted by Crippen LogP contribution is 2.21. The maximum atomic E-state index is 12.3. The fourth-order valence-corrected chi connectivity index (χ4v) is 2.35. The lowest BCUT2D eigenvalue weighted by Gasteiger charge is -2.10. The lowest BCUT2D eigenvalue weighted by Crippen LogP contribution is -2.30. The predicted molar refractivity (Wildman–Crippen MR) is 91.5 cm³/mol.